The maximum absolute atomic E-state index is 11.3. The van der Waals surface area contributed by atoms with Gasteiger partial charge in [0, 0.05) is 12.0 Å². The third-order valence-corrected chi connectivity index (χ3v) is 1.91. The maximum Gasteiger partial charge on any atom is 0.225 e. The molecule has 78 valence electrons. The molecule has 1 rings (SSSR count). The van der Waals surface area contributed by atoms with Gasteiger partial charge in [-0.2, -0.15) is 0 Å². The van der Waals surface area contributed by atoms with E-state index in [1.165, 1.54) is 0 Å². The van der Waals surface area contributed by atoms with Crippen molar-refractivity contribution < 1.29 is 9.90 Å². The van der Waals surface area contributed by atoms with Crippen LogP contribution in [-0.2, 0) is 11.4 Å². The smallest absolute Gasteiger partial charge is 0.225 e. The first-order valence-electron chi connectivity index (χ1n) is 4.83. The Morgan fingerprint density at radius 3 is 2.93 bits per heavy atom. The average Bonchev–Trinajstić information content (AvgIpc) is 2.18. The zero-order valence-electron chi connectivity index (χ0n) is 8.66. The van der Waals surface area contributed by atoms with E-state index in [1.807, 2.05) is 6.92 Å². The van der Waals surface area contributed by atoms with E-state index in [0.717, 1.165) is 6.42 Å². The third-order valence-electron chi connectivity index (χ3n) is 1.91. The van der Waals surface area contributed by atoms with Crippen LogP contribution >= 0.6 is 0 Å². The first-order chi connectivity index (χ1) is 7.17. The van der Waals surface area contributed by atoms with E-state index in [9.17, 15) is 4.79 Å². The zero-order valence-corrected chi connectivity index (χ0v) is 8.66. The number of carbonyl (C=O) groups excluding carboxylic acids is 1. The van der Waals surface area contributed by atoms with E-state index in [-0.39, 0.29) is 12.5 Å². The van der Waals surface area contributed by atoms with Crippen molar-refractivity contribution in [3.63, 3.8) is 0 Å². The molecule has 2 radical (unpaired) electrons. The summed E-state index contributed by atoms with van der Waals surface area (Å²) in [6.07, 6.45) is 1.20. The monoisotopic (exact) mass is 204 g/mol. The molecule has 15 heavy (non-hydrogen) atoms. The lowest BCUT2D eigenvalue weighted by Crippen LogP contribution is -2.18. The molecule has 1 aromatic heterocycles. The number of nitrogens with zero attached hydrogens (tertiary/aromatic N) is 1. The predicted molar refractivity (Wildman–Crippen MR) is 59.1 cm³/mol. The Hall–Kier alpha value is -1.36. The summed E-state index contributed by atoms with van der Waals surface area (Å²) in [5.74, 6) is 0.223. The Morgan fingerprint density at radius 1 is 1.60 bits per heavy atom. The van der Waals surface area contributed by atoms with Crippen molar-refractivity contribution in [3.8, 4) is 0 Å². The standard InChI is InChI=1S/C10H13BN2O2/c1-2-3-9(15)13-10-7(6-14)4-5-8(11)12-10/h4-5,14H,2-3,6H2,1H3,(H,12,13,15). The molecule has 0 unspecified atom stereocenters. The Kier molecular flexibility index (Phi) is 4.30. The topological polar surface area (TPSA) is 62.2 Å². The second kappa shape index (κ2) is 5.51. The van der Waals surface area contributed by atoms with Crippen molar-refractivity contribution in [3.05, 3.63) is 17.7 Å². The van der Waals surface area contributed by atoms with Gasteiger partial charge in [-0.25, -0.2) is 4.98 Å². The number of hydrogen-bond donors (Lipinski definition) is 2. The molecule has 0 aliphatic carbocycles. The summed E-state index contributed by atoms with van der Waals surface area (Å²) in [6.45, 7) is 1.74. The van der Waals surface area contributed by atoms with E-state index in [2.05, 4.69) is 10.3 Å². The second-order valence-corrected chi connectivity index (χ2v) is 3.20. The molecule has 5 heteroatoms. The van der Waals surface area contributed by atoms with Crippen LogP contribution < -0.4 is 10.9 Å². The molecule has 4 nitrogen and oxygen atoms in total. The molecule has 0 saturated heterocycles. The molecule has 0 bridgehead atoms. The quantitative estimate of drug-likeness (QED) is 0.684. The number of aromatic nitrogens is 1. The summed E-state index contributed by atoms with van der Waals surface area (Å²) in [5, 5.41) is 11.6. The molecule has 0 aliphatic rings. The highest BCUT2D eigenvalue weighted by Gasteiger charge is 2.06. The van der Waals surface area contributed by atoms with E-state index in [0.29, 0.717) is 23.4 Å². The molecular weight excluding hydrogens is 191 g/mol. The molecule has 1 heterocycles. The molecule has 1 amide bonds. The Balaban J connectivity index is 2.82. The number of amides is 1. The van der Waals surface area contributed by atoms with Gasteiger partial charge in [0.1, 0.15) is 13.7 Å². The summed E-state index contributed by atoms with van der Waals surface area (Å²) in [4.78, 5) is 15.3. The van der Waals surface area contributed by atoms with Gasteiger partial charge in [-0.15, -0.1) is 0 Å². The van der Waals surface area contributed by atoms with Crippen LogP contribution in [0.4, 0.5) is 5.82 Å². The number of hydrogen-bond acceptors (Lipinski definition) is 3. The van der Waals surface area contributed by atoms with Gasteiger partial charge in [-0.1, -0.05) is 19.1 Å². The van der Waals surface area contributed by atoms with Crippen LogP contribution in [0.25, 0.3) is 0 Å². The van der Waals surface area contributed by atoms with Crippen molar-refractivity contribution in [2.24, 2.45) is 0 Å². The summed E-state index contributed by atoms with van der Waals surface area (Å²) >= 11 is 0. The second-order valence-electron chi connectivity index (χ2n) is 3.20. The van der Waals surface area contributed by atoms with Crippen LogP contribution in [0.15, 0.2) is 12.1 Å². The minimum atomic E-state index is -0.172. The summed E-state index contributed by atoms with van der Waals surface area (Å²) < 4.78 is 0. The van der Waals surface area contributed by atoms with Gasteiger partial charge in [0.05, 0.1) is 6.61 Å². The molecule has 0 aromatic carbocycles. The first-order valence-corrected chi connectivity index (χ1v) is 4.83. The van der Waals surface area contributed by atoms with Gasteiger partial charge in [0.25, 0.3) is 0 Å². The number of carbonyl (C=O) groups is 1. The number of aliphatic hydroxyl groups is 1. The highest BCUT2D eigenvalue weighted by molar-refractivity contribution is 6.30. The SMILES string of the molecule is [B]c1ccc(CO)c(NC(=O)CCC)n1. The van der Waals surface area contributed by atoms with Crippen molar-refractivity contribution in [2.75, 3.05) is 5.32 Å². The van der Waals surface area contributed by atoms with Crippen LogP contribution in [0.5, 0.6) is 0 Å². The Labute approximate surface area is 90.1 Å². The van der Waals surface area contributed by atoms with Crippen molar-refractivity contribution in [2.45, 2.75) is 26.4 Å². The van der Waals surface area contributed by atoms with Crippen molar-refractivity contribution in [1.82, 2.24) is 4.98 Å². The van der Waals surface area contributed by atoms with Crippen LogP contribution in [-0.4, -0.2) is 23.8 Å². The predicted octanol–water partition coefficient (Wildman–Crippen LogP) is 0.106. The van der Waals surface area contributed by atoms with Gasteiger partial charge in [0.2, 0.25) is 5.91 Å². The number of rotatable bonds is 4. The third kappa shape index (κ3) is 3.36. The molecule has 0 spiro atoms. The fourth-order valence-corrected chi connectivity index (χ4v) is 1.16. The van der Waals surface area contributed by atoms with E-state index >= 15 is 0 Å². The van der Waals surface area contributed by atoms with Crippen LogP contribution in [0.3, 0.4) is 0 Å². The maximum atomic E-state index is 11.3. The molecule has 0 aliphatic heterocycles. The van der Waals surface area contributed by atoms with E-state index in [1.54, 1.807) is 12.1 Å². The lowest BCUT2D eigenvalue weighted by atomic mass is 10.0. The minimum Gasteiger partial charge on any atom is -0.392 e. The minimum absolute atomic E-state index is 0.120. The number of nitrogens with one attached hydrogen (secondary N) is 1. The van der Waals surface area contributed by atoms with Gasteiger partial charge >= 0.3 is 0 Å². The van der Waals surface area contributed by atoms with Gasteiger partial charge in [-0.3, -0.25) is 4.79 Å². The van der Waals surface area contributed by atoms with Crippen LogP contribution in [0.1, 0.15) is 25.3 Å². The first kappa shape index (κ1) is 11.7. The van der Waals surface area contributed by atoms with Crippen molar-refractivity contribution >= 4 is 25.2 Å². The van der Waals surface area contributed by atoms with E-state index in [4.69, 9.17) is 13.0 Å². The fraction of sp³-hybridized carbons (Fsp3) is 0.400. The molecular formula is C10H13BN2O2. The summed E-state index contributed by atoms with van der Waals surface area (Å²) in [6, 6.07) is 3.23. The lowest BCUT2D eigenvalue weighted by Gasteiger charge is -2.08. The van der Waals surface area contributed by atoms with E-state index < -0.39 is 0 Å². The van der Waals surface area contributed by atoms with Crippen LogP contribution in [0, 0.1) is 0 Å². The Morgan fingerprint density at radius 2 is 2.33 bits per heavy atom. The number of aliphatic hydroxyl groups excluding tert-OH is 1. The lowest BCUT2D eigenvalue weighted by molar-refractivity contribution is -0.116. The highest BCUT2D eigenvalue weighted by atomic mass is 16.3. The normalized spacial score (nSPS) is 10.0. The fourth-order valence-electron chi connectivity index (χ4n) is 1.16. The summed E-state index contributed by atoms with van der Waals surface area (Å²) in [7, 11) is 5.49. The average molecular weight is 204 g/mol. The molecule has 1 aromatic rings. The molecule has 0 saturated carbocycles. The van der Waals surface area contributed by atoms with Gasteiger partial charge in [-0.05, 0) is 12.0 Å². The van der Waals surface area contributed by atoms with Gasteiger partial charge < -0.3 is 10.4 Å². The molecule has 2 N–H and O–H groups in total. The Bertz CT molecular complexity index is 355. The highest BCUT2D eigenvalue weighted by Crippen LogP contribution is 2.10. The summed E-state index contributed by atoms with van der Waals surface area (Å²) in [5.41, 5.74) is 0.882. The van der Waals surface area contributed by atoms with Gasteiger partial charge in [0.15, 0.2) is 0 Å². The number of anilines is 1. The number of pyridine rings is 1. The molecule has 0 fully saturated rings. The zero-order chi connectivity index (χ0) is 11.3. The molecule has 0 atom stereocenters. The van der Waals surface area contributed by atoms with Crippen LogP contribution in [0.2, 0.25) is 0 Å². The largest absolute Gasteiger partial charge is 0.392 e. The van der Waals surface area contributed by atoms with Crippen molar-refractivity contribution in [1.29, 1.82) is 0 Å².